The van der Waals surface area contributed by atoms with Crippen LogP contribution >= 0.6 is 0 Å². The molecule has 0 spiro atoms. The molecule has 3 rings (SSSR count). The molecule has 1 aromatic carbocycles. The second-order valence-corrected chi connectivity index (χ2v) is 6.38. The van der Waals surface area contributed by atoms with Gasteiger partial charge in [0, 0.05) is 18.2 Å². The number of halogens is 3. The highest BCUT2D eigenvalue weighted by molar-refractivity contribution is 6.02. The molecule has 2 aromatic rings. The van der Waals surface area contributed by atoms with E-state index in [0.29, 0.717) is 0 Å². The standard InChI is InChI=1S/C17H17F3N4O3.CH2O2/c1-9-22-13(6-27-9)15(25)23-10-3-4-12(18)11(5-10)16(2)17(19,20)8-26-7-14(21)24-16;2-1-3/h3-6H,7-8H2,1-2H3,(H2,21,24)(H,23,25);1H,(H,2,3). The minimum absolute atomic E-state index is 0.0000447. The Bertz CT molecular complexity index is 963. The van der Waals surface area contributed by atoms with Gasteiger partial charge in [-0.3, -0.25) is 14.6 Å². The molecule has 1 unspecified atom stereocenters. The van der Waals surface area contributed by atoms with E-state index in [1.54, 1.807) is 6.92 Å². The van der Waals surface area contributed by atoms with E-state index in [9.17, 15) is 18.0 Å². The average molecular weight is 428 g/mol. The minimum Gasteiger partial charge on any atom is -0.483 e. The molecule has 0 saturated heterocycles. The summed E-state index contributed by atoms with van der Waals surface area (Å²) in [4.78, 5) is 28.2. The van der Waals surface area contributed by atoms with Gasteiger partial charge in [-0.1, -0.05) is 0 Å². The molecule has 0 saturated carbocycles. The highest BCUT2D eigenvalue weighted by Gasteiger charge is 2.54. The Morgan fingerprint density at radius 3 is 2.67 bits per heavy atom. The molecule has 1 amide bonds. The monoisotopic (exact) mass is 428 g/mol. The Balaban J connectivity index is 0.00000101. The molecule has 0 bridgehead atoms. The summed E-state index contributed by atoms with van der Waals surface area (Å²) >= 11 is 0. The van der Waals surface area contributed by atoms with Gasteiger partial charge in [-0.2, -0.15) is 0 Å². The minimum atomic E-state index is -3.53. The van der Waals surface area contributed by atoms with Crippen molar-refractivity contribution in [3.63, 3.8) is 0 Å². The number of alkyl halides is 2. The number of nitrogens with zero attached hydrogens (tertiary/aromatic N) is 2. The number of hydrogen-bond acceptors (Lipinski definition) is 7. The maximum atomic E-state index is 14.7. The number of aryl methyl sites for hydroxylation is 1. The van der Waals surface area contributed by atoms with Crippen LogP contribution in [0.15, 0.2) is 33.9 Å². The molecule has 30 heavy (non-hydrogen) atoms. The molecule has 9 nitrogen and oxygen atoms in total. The van der Waals surface area contributed by atoms with Gasteiger partial charge >= 0.3 is 0 Å². The smallest absolute Gasteiger partial charge is 0.299 e. The van der Waals surface area contributed by atoms with E-state index in [4.69, 9.17) is 24.8 Å². The summed E-state index contributed by atoms with van der Waals surface area (Å²) < 4.78 is 53.5. The van der Waals surface area contributed by atoms with Crippen molar-refractivity contribution in [2.75, 3.05) is 18.5 Å². The van der Waals surface area contributed by atoms with E-state index in [2.05, 4.69) is 15.3 Å². The summed E-state index contributed by atoms with van der Waals surface area (Å²) in [6.07, 6.45) is 1.15. The van der Waals surface area contributed by atoms with Gasteiger partial charge in [0.25, 0.3) is 18.3 Å². The summed E-state index contributed by atoms with van der Waals surface area (Å²) in [6.45, 7) is 1.13. The summed E-state index contributed by atoms with van der Waals surface area (Å²) in [5.41, 5.74) is 2.96. The lowest BCUT2D eigenvalue weighted by atomic mass is 9.85. The number of amides is 1. The predicted octanol–water partition coefficient (Wildman–Crippen LogP) is 2.31. The van der Waals surface area contributed by atoms with Crippen molar-refractivity contribution >= 4 is 23.9 Å². The van der Waals surface area contributed by atoms with Crippen molar-refractivity contribution in [3.8, 4) is 0 Å². The van der Waals surface area contributed by atoms with E-state index in [-0.39, 0.29) is 36.2 Å². The van der Waals surface area contributed by atoms with Gasteiger partial charge in [-0.25, -0.2) is 18.2 Å². The van der Waals surface area contributed by atoms with Gasteiger partial charge < -0.3 is 25.3 Å². The molecule has 1 aliphatic heterocycles. The lowest BCUT2D eigenvalue weighted by molar-refractivity contribution is -0.122. The number of aromatic nitrogens is 1. The summed E-state index contributed by atoms with van der Waals surface area (Å²) in [6, 6.07) is 3.30. The Kier molecular flexibility index (Phi) is 6.82. The maximum absolute atomic E-state index is 14.7. The van der Waals surface area contributed by atoms with Crippen LogP contribution in [0.1, 0.15) is 28.9 Å². The second-order valence-electron chi connectivity index (χ2n) is 6.38. The van der Waals surface area contributed by atoms with E-state index < -0.39 is 35.4 Å². The number of carbonyl (C=O) groups is 2. The van der Waals surface area contributed by atoms with Crippen molar-refractivity contribution in [2.24, 2.45) is 10.7 Å². The van der Waals surface area contributed by atoms with Gasteiger partial charge in [0.2, 0.25) is 0 Å². The normalized spacial score (nSPS) is 20.2. The molecule has 1 atom stereocenters. The topological polar surface area (TPSA) is 140 Å². The number of nitrogens with one attached hydrogen (secondary N) is 1. The first-order chi connectivity index (χ1) is 14.0. The average Bonchev–Trinajstić information content (AvgIpc) is 3.06. The van der Waals surface area contributed by atoms with Crippen molar-refractivity contribution < 1.29 is 37.0 Å². The number of carboxylic acid groups (broad SMARTS) is 1. The number of benzene rings is 1. The number of ether oxygens (including phenoxy) is 1. The molecule has 0 radical (unpaired) electrons. The van der Waals surface area contributed by atoms with Crippen molar-refractivity contribution in [3.05, 3.63) is 47.4 Å². The molecule has 0 aliphatic carbocycles. The van der Waals surface area contributed by atoms with E-state index in [1.807, 2.05) is 0 Å². The Labute approximate surface area is 168 Å². The largest absolute Gasteiger partial charge is 0.483 e. The number of aliphatic imine (C=N–C) groups is 1. The highest BCUT2D eigenvalue weighted by atomic mass is 19.3. The van der Waals surface area contributed by atoms with E-state index >= 15 is 0 Å². The number of carbonyl (C=O) groups excluding carboxylic acids is 1. The first kappa shape index (κ1) is 22.9. The van der Waals surface area contributed by atoms with Crippen LogP contribution in [0.25, 0.3) is 0 Å². The molecule has 162 valence electrons. The summed E-state index contributed by atoms with van der Waals surface area (Å²) in [5.74, 6) is -4.96. The molecule has 0 fully saturated rings. The van der Waals surface area contributed by atoms with Crippen LogP contribution in [0.4, 0.5) is 18.9 Å². The SMILES string of the molecule is Cc1nc(C(=O)Nc2ccc(F)c(C3(C)N=C(N)COCC3(F)F)c2)co1.O=CO. The van der Waals surface area contributed by atoms with Gasteiger partial charge in [-0.15, -0.1) is 0 Å². The lowest BCUT2D eigenvalue weighted by Crippen LogP contribution is -2.45. The third-order valence-electron chi connectivity index (χ3n) is 4.21. The van der Waals surface area contributed by atoms with Crippen LogP contribution < -0.4 is 11.1 Å². The summed E-state index contributed by atoms with van der Waals surface area (Å²) in [7, 11) is 0. The van der Waals surface area contributed by atoms with Crippen LogP contribution in [0.5, 0.6) is 0 Å². The number of oxazole rings is 1. The molecule has 1 aliphatic rings. The van der Waals surface area contributed by atoms with Crippen LogP contribution in [-0.2, 0) is 15.1 Å². The van der Waals surface area contributed by atoms with E-state index in [0.717, 1.165) is 25.3 Å². The fourth-order valence-corrected chi connectivity index (χ4v) is 2.72. The first-order valence-corrected chi connectivity index (χ1v) is 8.45. The van der Waals surface area contributed by atoms with Crippen LogP contribution in [0.3, 0.4) is 0 Å². The van der Waals surface area contributed by atoms with Crippen molar-refractivity contribution in [1.82, 2.24) is 4.98 Å². The fraction of sp³-hybridized carbons (Fsp3) is 0.333. The van der Waals surface area contributed by atoms with Crippen LogP contribution in [0, 0.1) is 12.7 Å². The Morgan fingerprint density at radius 2 is 2.07 bits per heavy atom. The zero-order valence-electron chi connectivity index (χ0n) is 16.0. The number of anilines is 1. The zero-order valence-corrected chi connectivity index (χ0v) is 16.0. The quantitative estimate of drug-likeness (QED) is 0.637. The predicted molar refractivity (Wildman–Crippen MR) is 99.0 cm³/mol. The van der Waals surface area contributed by atoms with Gasteiger partial charge in [-0.05, 0) is 25.1 Å². The number of rotatable bonds is 3. The maximum Gasteiger partial charge on any atom is 0.299 e. The van der Waals surface area contributed by atoms with Crippen LogP contribution in [0.2, 0.25) is 0 Å². The molecular formula is C18H19F3N4O5. The molecule has 2 heterocycles. The van der Waals surface area contributed by atoms with Crippen molar-refractivity contribution in [1.29, 1.82) is 0 Å². The lowest BCUT2D eigenvalue weighted by Gasteiger charge is -2.33. The number of hydrogen-bond donors (Lipinski definition) is 3. The van der Waals surface area contributed by atoms with Gasteiger partial charge in [0.05, 0.1) is 0 Å². The molecule has 1 aromatic heterocycles. The van der Waals surface area contributed by atoms with Crippen molar-refractivity contribution in [2.45, 2.75) is 25.3 Å². The summed E-state index contributed by atoms with van der Waals surface area (Å²) in [5, 5.41) is 9.35. The van der Waals surface area contributed by atoms with Gasteiger partial charge in [0.1, 0.15) is 31.1 Å². The second kappa shape index (κ2) is 8.95. The molecule has 4 N–H and O–H groups in total. The third kappa shape index (κ3) is 4.76. The fourth-order valence-electron chi connectivity index (χ4n) is 2.72. The number of amidine groups is 1. The van der Waals surface area contributed by atoms with Gasteiger partial charge in [0.15, 0.2) is 17.1 Å². The molecule has 12 heteroatoms. The van der Waals surface area contributed by atoms with E-state index in [1.165, 1.54) is 6.07 Å². The zero-order chi connectivity index (χ0) is 22.5. The number of nitrogens with two attached hydrogens (primary N) is 1. The first-order valence-electron chi connectivity index (χ1n) is 8.45. The highest BCUT2D eigenvalue weighted by Crippen LogP contribution is 2.44. The van der Waals surface area contributed by atoms with Crippen LogP contribution in [-0.4, -0.2) is 47.4 Å². The third-order valence-corrected chi connectivity index (χ3v) is 4.21. The Morgan fingerprint density at radius 1 is 1.40 bits per heavy atom. The Hall–Kier alpha value is -3.41. The molecular weight excluding hydrogens is 409 g/mol.